The Morgan fingerprint density at radius 1 is 0.931 bits per heavy atom. The van der Waals surface area contributed by atoms with Crippen LogP contribution in [0.4, 0.5) is 5.69 Å². The lowest BCUT2D eigenvalue weighted by Crippen LogP contribution is -2.22. The van der Waals surface area contributed by atoms with Crippen LogP contribution in [-0.2, 0) is 6.54 Å². The third-order valence-electron chi connectivity index (χ3n) is 4.20. The number of aromatic nitrogens is 2. The number of hydrogen-bond acceptors (Lipinski definition) is 3. The topological polar surface area (TPSA) is 88.3 Å². The molecule has 1 heterocycles. The maximum atomic E-state index is 6.03. The van der Waals surface area contributed by atoms with Crippen molar-refractivity contribution in [3.63, 3.8) is 0 Å². The molecule has 3 aromatic carbocycles. The zero-order valence-electron chi connectivity index (χ0n) is 15.7. The van der Waals surface area contributed by atoms with Gasteiger partial charge in [0.2, 0.25) is 0 Å². The number of ether oxygens (including phenoxy) is 1. The maximum Gasteiger partial charge on any atom is 0.193 e. The molecule has 0 atom stereocenters. The quantitative estimate of drug-likeness (QED) is 0.330. The Bertz CT molecular complexity index is 1090. The van der Waals surface area contributed by atoms with E-state index < -0.39 is 0 Å². The van der Waals surface area contributed by atoms with Gasteiger partial charge in [0, 0.05) is 11.8 Å². The van der Waals surface area contributed by atoms with Crippen LogP contribution < -0.4 is 15.8 Å². The van der Waals surface area contributed by atoms with Crippen LogP contribution in [0.15, 0.2) is 96.1 Å². The highest BCUT2D eigenvalue weighted by Gasteiger charge is 2.04. The fourth-order valence-corrected chi connectivity index (χ4v) is 2.82. The maximum absolute atomic E-state index is 6.03. The van der Waals surface area contributed by atoms with Crippen LogP contribution >= 0.6 is 0 Å². The Morgan fingerprint density at radius 3 is 2.45 bits per heavy atom. The molecule has 6 nitrogen and oxygen atoms in total. The molecule has 29 heavy (non-hydrogen) atoms. The molecule has 0 saturated carbocycles. The Hall–Kier alpha value is -4.06. The van der Waals surface area contributed by atoms with Crippen molar-refractivity contribution in [2.45, 2.75) is 6.54 Å². The lowest BCUT2D eigenvalue weighted by atomic mass is 10.2. The van der Waals surface area contributed by atoms with Gasteiger partial charge in [-0.05, 0) is 29.8 Å². The molecule has 0 spiro atoms. The molecule has 0 fully saturated rings. The molecule has 1 aromatic heterocycles. The van der Waals surface area contributed by atoms with Gasteiger partial charge in [0.25, 0.3) is 0 Å². The summed E-state index contributed by atoms with van der Waals surface area (Å²) >= 11 is 0. The number of benzene rings is 3. The van der Waals surface area contributed by atoms with Crippen molar-refractivity contribution >= 4 is 11.6 Å². The molecule has 0 saturated heterocycles. The van der Waals surface area contributed by atoms with E-state index in [0.717, 1.165) is 28.5 Å². The Balaban J connectivity index is 1.38. The van der Waals surface area contributed by atoms with Crippen molar-refractivity contribution in [3.05, 3.63) is 97.0 Å². The summed E-state index contributed by atoms with van der Waals surface area (Å²) in [5.41, 5.74) is 8.86. The number of para-hydroxylation sites is 1. The van der Waals surface area contributed by atoms with Gasteiger partial charge in [0.05, 0.1) is 11.9 Å². The Kier molecular flexibility index (Phi) is 5.53. The molecule has 0 amide bonds. The number of anilines is 1. The van der Waals surface area contributed by atoms with E-state index in [4.69, 9.17) is 10.5 Å². The first-order valence-electron chi connectivity index (χ1n) is 9.25. The van der Waals surface area contributed by atoms with Crippen LogP contribution in [0.3, 0.4) is 0 Å². The van der Waals surface area contributed by atoms with Gasteiger partial charge in [-0.2, -0.15) is 0 Å². The summed E-state index contributed by atoms with van der Waals surface area (Å²) in [7, 11) is 0. The number of hydrogen-bond donors (Lipinski definition) is 3. The van der Waals surface area contributed by atoms with E-state index in [1.807, 2.05) is 84.9 Å². The number of aromatic amines is 1. The highest BCUT2D eigenvalue weighted by atomic mass is 16.5. The van der Waals surface area contributed by atoms with E-state index in [1.54, 1.807) is 6.20 Å². The summed E-state index contributed by atoms with van der Waals surface area (Å²) in [6, 6.07) is 27.2. The second-order valence-corrected chi connectivity index (χ2v) is 6.38. The number of aliphatic imine (C=N–C) groups is 1. The first-order chi connectivity index (χ1) is 14.3. The lowest BCUT2D eigenvalue weighted by molar-refractivity contribution is 0.483. The largest absolute Gasteiger partial charge is 0.457 e. The van der Waals surface area contributed by atoms with E-state index in [9.17, 15) is 0 Å². The first-order valence-corrected chi connectivity index (χ1v) is 9.25. The number of H-pyrrole nitrogens is 1. The molecule has 0 aliphatic carbocycles. The summed E-state index contributed by atoms with van der Waals surface area (Å²) in [6.07, 6.45) is 1.80. The standard InChI is InChI=1S/C23H21N5O/c24-23(26-16-22-25-15-21(28-22)17-8-3-1-4-9-17)27-18-10-7-13-20(14-18)29-19-11-5-2-6-12-19/h1-15H,16H2,(H,25,28)(H3,24,26,27). The van der Waals surface area contributed by atoms with Gasteiger partial charge in [-0.3, -0.25) is 0 Å². The van der Waals surface area contributed by atoms with Crippen molar-refractivity contribution in [2.75, 3.05) is 5.32 Å². The van der Waals surface area contributed by atoms with Gasteiger partial charge >= 0.3 is 0 Å². The number of guanidine groups is 1. The molecule has 0 unspecified atom stereocenters. The summed E-state index contributed by atoms with van der Waals surface area (Å²) in [5.74, 6) is 2.54. The summed E-state index contributed by atoms with van der Waals surface area (Å²) in [6.45, 7) is 0.353. The van der Waals surface area contributed by atoms with Crippen molar-refractivity contribution in [3.8, 4) is 22.8 Å². The summed E-state index contributed by atoms with van der Waals surface area (Å²) in [4.78, 5) is 12.0. The summed E-state index contributed by atoms with van der Waals surface area (Å²) < 4.78 is 5.84. The molecule has 0 radical (unpaired) electrons. The van der Waals surface area contributed by atoms with Crippen LogP contribution in [0.5, 0.6) is 11.5 Å². The van der Waals surface area contributed by atoms with E-state index in [1.165, 1.54) is 0 Å². The zero-order valence-corrected chi connectivity index (χ0v) is 15.7. The van der Waals surface area contributed by atoms with E-state index >= 15 is 0 Å². The Morgan fingerprint density at radius 2 is 1.66 bits per heavy atom. The molecule has 0 aliphatic rings. The lowest BCUT2D eigenvalue weighted by Gasteiger charge is -2.09. The number of nitrogens with two attached hydrogens (primary N) is 1. The first kappa shape index (κ1) is 18.3. The van der Waals surface area contributed by atoms with Crippen molar-refractivity contribution in [2.24, 2.45) is 10.7 Å². The predicted molar refractivity (Wildman–Crippen MR) is 116 cm³/mol. The molecule has 6 heteroatoms. The molecular formula is C23H21N5O. The highest BCUT2D eigenvalue weighted by Crippen LogP contribution is 2.23. The van der Waals surface area contributed by atoms with Gasteiger partial charge in [-0.1, -0.05) is 54.6 Å². The fourth-order valence-electron chi connectivity index (χ4n) is 2.82. The average Bonchev–Trinajstić information content (AvgIpc) is 3.23. The SMILES string of the molecule is NC(=NCc1ncc(-c2ccccc2)[nH]1)Nc1cccc(Oc2ccccc2)c1. The monoisotopic (exact) mass is 383 g/mol. The van der Waals surface area contributed by atoms with Crippen LogP contribution in [-0.4, -0.2) is 15.9 Å². The second-order valence-electron chi connectivity index (χ2n) is 6.38. The van der Waals surface area contributed by atoms with Gasteiger partial charge in [-0.25, -0.2) is 9.98 Å². The van der Waals surface area contributed by atoms with Crippen LogP contribution in [0.1, 0.15) is 5.82 Å². The highest BCUT2D eigenvalue weighted by molar-refractivity contribution is 5.92. The minimum Gasteiger partial charge on any atom is -0.457 e. The summed E-state index contributed by atoms with van der Waals surface area (Å²) in [5, 5.41) is 3.08. The van der Waals surface area contributed by atoms with E-state index in [2.05, 4.69) is 20.3 Å². The molecular weight excluding hydrogens is 362 g/mol. The fraction of sp³-hybridized carbons (Fsp3) is 0.0435. The minimum atomic E-state index is 0.305. The normalized spacial score (nSPS) is 11.2. The third-order valence-corrected chi connectivity index (χ3v) is 4.20. The van der Waals surface area contributed by atoms with Crippen molar-refractivity contribution in [1.82, 2.24) is 9.97 Å². The Labute approximate surface area is 169 Å². The number of imidazole rings is 1. The molecule has 0 bridgehead atoms. The molecule has 4 rings (SSSR count). The van der Waals surface area contributed by atoms with E-state index in [0.29, 0.717) is 18.3 Å². The van der Waals surface area contributed by atoms with Gasteiger partial charge in [0.15, 0.2) is 5.96 Å². The second kappa shape index (κ2) is 8.75. The molecule has 0 aliphatic heterocycles. The molecule has 4 aromatic rings. The van der Waals surface area contributed by atoms with Crippen LogP contribution in [0.2, 0.25) is 0 Å². The molecule has 4 N–H and O–H groups in total. The molecule has 144 valence electrons. The number of nitrogens with zero attached hydrogens (tertiary/aromatic N) is 2. The van der Waals surface area contributed by atoms with Crippen LogP contribution in [0.25, 0.3) is 11.3 Å². The number of nitrogens with one attached hydrogen (secondary N) is 2. The zero-order chi connectivity index (χ0) is 19.9. The van der Waals surface area contributed by atoms with Gasteiger partial charge in [-0.15, -0.1) is 0 Å². The van der Waals surface area contributed by atoms with Crippen molar-refractivity contribution in [1.29, 1.82) is 0 Å². The third kappa shape index (κ3) is 5.01. The van der Waals surface area contributed by atoms with Crippen LogP contribution in [0, 0.1) is 0 Å². The van der Waals surface area contributed by atoms with Gasteiger partial charge in [0.1, 0.15) is 23.9 Å². The smallest absolute Gasteiger partial charge is 0.193 e. The number of rotatable bonds is 6. The average molecular weight is 383 g/mol. The van der Waals surface area contributed by atoms with E-state index in [-0.39, 0.29) is 0 Å². The minimum absolute atomic E-state index is 0.305. The predicted octanol–water partition coefficient (Wildman–Crippen LogP) is 4.80. The van der Waals surface area contributed by atoms with Crippen molar-refractivity contribution < 1.29 is 4.74 Å². The van der Waals surface area contributed by atoms with Gasteiger partial charge < -0.3 is 20.8 Å².